The van der Waals surface area contributed by atoms with Crippen LogP contribution in [-0.2, 0) is 14.3 Å². The van der Waals surface area contributed by atoms with Gasteiger partial charge in [-0.1, -0.05) is 36.4 Å². The summed E-state index contributed by atoms with van der Waals surface area (Å²) < 4.78 is 10.8. The minimum absolute atomic E-state index is 0.00657. The highest BCUT2D eigenvalue weighted by Crippen LogP contribution is 2.23. The predicted molar refractivity (Wildman–Crippen MR) is 119 cm³/mol. The maximum atomic E-state index is 12.4. The molecule has 0 aliphatic rings. The van der Waals surface area contributed by atoms with Gasteiger partial charge in [-0.05, 0) is 56.0 Å². The van der Waals surface area contributed by atoms with E-state index in [4.69, 9.17) is 9.47 Å². The SMILES string of the molecule is CC(=O)c1ccc(OCCCC(=O)O[C@@H](C)C(=O)Nc2cccc3ccccc23)cc1. The van der Waals surface area contributed by atoms with Crippen molar-refractivity contribution in [1.82, 2.24) is 0 Å². The summed E-state index contributed by atoms with van der Waals surface area (Å²) in [5.74, 6) is -0.225. The molecule has 3 aromatic rings. The van der Waals surface area contributed by atoms with E-state index < -0.39 is 12.1 Å². The zero-order valence-electron chi connectivity index (χ0n) is 17.6. The summed E-state index contributed by atoms with van der Waals surface area (Å²) in [7, 11) is 0. The number of amides is 1. The molecule has 0 fully saturated rings. The largest absolute Gasteiger partial charge is 0.494 e. The molecule has 0 saturated carbocycles. The molecule has 1 atom stereocenters. The van der Waals surface area contributed by atoms with Crippen molar-refractivity contribution < 1.29 is 23.9 Å². The molecule has 1 amide bonds. The lowest BCUT2D eigenvalue weighted by molar-refractivity contribution is -0.153. The van der Waals surface area contributed by atoms with Crippen LogP contribution in [0, 0.1) is 0 Å². The van der Waals surface area contributed by atoms with E-state index in [1.807, 2.05) is 42.5 Å². The molecule has 0 bridgehead atoms. The quantitative estimate of drug-likeness (QED) is 0.307. The van der Waals surface area contributed by atoms with Crippen LogP contribution >= 0.6 is 0 Å². The van der Waals surface area contributed by atoms with Crippen LogP contribution in [0.4, 0.5) is 5.69 Å². The van der Waals surface area contributed by atoms with Crippen molar-refractivity contribution >= 4 is 34.1 Å². The fourth-order valence-electron chi connectivity index (χ4n) is 3.07. The highest BCUT2D eigenvalue weighted by Gasteiger charge is 2.18. The topological polar surface area (TPSA) is 81.7 Å². The zero-order valence-corrected chi connectivity index (χ0v) is 17.6. The predicted octanol–water partition coefficient (Wildman–Crippen LogP) is 4.77. The van der Waals surface area contributed by atoms with Gasteiger partial charge in [0, 0.05) is 23.1 Å². The van der Waals surface area contributed by atoms with Crippen LogP contribution in [0.15, 0.2) is 66.7 Å². The third-order valence-corrected chi connectivity index (χ3v) is 4.78. The van der Waals surface area contributed by atoms with Crippen molar-refractivity contribution in [2.75, 3.05) is 11.9 Å². The number of hydrogen-bond acceptors (Lipinski definition) is 5. The lowest BCUT2D eigenvalue weighted by Crippen LogP contribution is -2.30. The van der Waals surface area contributed by atoms with Crippen LogP contribution in [-0.4, -0.2) is 30.4 Å². The minimum Gasteiger partial charge on any atom is -0.494 e. The molecule has 1 N–H and O–H groups in total. The molecule has 160 valence electrons. The first-order chi connectivity index (χ1) is 14.9. The smallest absolute Gasteiger partial charge is 0.306 e. The van der Waals surface area contributed by atoms with Crippen molar-refractivity contribution in [2.45, 2.75) is 32.8 Å². The third kappa shape index (κ3) is 6.15. The molecule has 0 aliphatic heterocycles. The number of nitrogens with one attached hydrogen (secondary N) is 1. The molecule has 0 heterocycles. The number of Topliss-reactive ketones (excluding diaryl/α,β-unsaturated/α-hetero) is 1. The molecule has 0 saturated heterocycles. The van der Waals surface area contributed by atoms with E-state index >= 15 is 0 Å². The van der Waals surface area contributed by atoms with Gasteiger partial charge < -0.3 is 14.8 Å². The molecule has 0 radical (unpaired) electrons. The van der Waals surface area contributed by atoms with Crippen LogP contribution in [0.3, 0.4) is 0 Å². The third-order valence-electron chi connectivity index (χ3n) is 4.78. The number of anilines is 1. The summed E-state index contributed by atoms with van der Waals surface area (Å²) in [6.07, 6.45) is -0.325. The van der Waals surface area contributed by atoms with Crippen molar-refractivity contribution in [3.05, 3.63) is 72.3 Å². The monoisotopic (exact) mass is 419 g/mol. The summed E-state index contributed by atoms with van der Waals surface area (Å²) >= 11 is 0. The Labute approximate surface area is 181 Å². The minimum atomic E-state index is -0.911. The van der Waals surface area contributed by atoms with E-state index in [2.05, 4.69) is 5.32 Å². The molecule has 0 spiro atoms. The van der Waals surface area contributed by atoms with Gasteiger partial charge in [-0.2, -0.15) is 0 Å². The zero-order chi connectivity index (χ0) is 22.2. The second-order valence-electron chi connectivity index (χ2n) is 7.18. The van der Waals surface area contributed by atoms with Crippen LogP contribution in [0.1, 0.15) is 37.0 Å². The standard InChI is InChI=1S/C25H25NO5/c1-17(27)19-12-14-21(15-13-19)30-16-6-11-24(28)31-18(2)25(29)26-23-10-5-8-20-7-3-4-9-22(20)23/h3-5,7-10,12-15,18H,6,11,16H2,1-2H3,(H,26,29)/t18-/m0/s1. The molecule has 6 nitrogen and oxygen atoms in total. The first-order valence-corrected chi connectivity index (χ1v) is 10.2. The van der Waals surface area contributed by atoms with Gasteiger partial charge in [0.05, 0.1) is 6.61 Å². The molecule has 3 rings (SSSR count). The number of carbonyl (C=O) groups is 3. The van der Waals surface area contributed by atoms with Crippen molar-refractivity contribution in [3.63, 3.8) is 0 Å². The molecular weight excluding hydrogens is 394 g/mol. The Hall–Kier alpha value is -3.67. The van der Waals surface area contributed by atoms with Crippen molar-refractivity contribution in [3.8, 4) is 5.75 Å². The summed E-state index contributed by atoms with van der Waals surface area (Å²) in [5, 5.41) is 4.76. The van der Waals surface area contributed by atoms with E-state index in [0.29, 0.717) is 30.0 Å². The Balaban J connectivity index is 1.42. The first kappa shape index (κ1) is 22.0. The number of rotatable bonds is 9. The second kappa shape index (κ2) is 10.4. The molecule has 31 heavy (non-hydrogen) atoms. The lowest BCUT2D eigenvalue weighted by atomic mass is 10.1. The van der Waals surface area contributed by atoms with E-state index in [1.54, 1.807) is 31.2 Å². The first-order valence-electron chi connectivity index (χ1n) is 10.2. The number of ether oxygens (including phenoxy) is 2. The van der Waals surface area contributed by atoms with E-state index in [9.17, 15) is 14.4 Å². The van der Waals surface area contributed by atoms with Crippen LogP contribution < -0.4 is 10.1 Å². The molecular formula is C25H25NO5. The summed E-state index contributed by atoms with van der Waals surface area (Å²) in [6.45, 7) is 3.38. The van der Waals surface area contributed by atoms with E-state index in [0.717, 1.165) is 10.8 Å². The number of esters is 1. The number of hydrogen-bond donors (Lipinski definition) is 1. The van der Waals surface area contributed by atoms with Crippen LogP contribution in [0.2, 0.25) is 0 Å². The lowest BCUT2D eigenvalue weighted by Gasteiger charge is -2.15. The fourth-order valence-corrected chi connectivity index (χ4v) is 3.07. The maximum absolute atomic E-state index is 12.4. The summed E-state index contributed by atoms with van der Waals surface area (Å²) in [4.78, 5) is 35.8. The second-order valence-corrected chi connectivity index (χ2v) is 7.18. The number of carbonyl (C=O) groups excluding carboxylic acids is 3. The Bertz CT molecular complexity index is 1070. The van der Waals surface area contributed by atoms with Crippen molar-refractivity contribution in [2.24, 2.45) is 0 Å². The van der Waals surface area contributed by atoms with Gasteiger partial charge >= 0.3 is 5.97 Å². The fraction of sp³-hybridized carbons (Fsp3) is 0.240. The van der Waals surface area contributed by atoms with Gasteiger partial charge in [-0.3, -0.25) is 14.4 Å². The van der Waals surface area contributed by atoms with Gasteiger partial charge in [0.25, 0.3) is 5.91 Å². The highest BCUT2D eigenvalue weighted by atomic mass is 16.5. The Morgan fingerprint density at radius 1 is 0.935 bits per heavy atom. The number of ketones is 1. The number of fused-ring (bicyclic) bond motifs is 1. The van der Waals surface area contributed by atoms with Gasteiger partial charge in [0.1, 0.15) is 5.75 Å². The Morgan fingerprint density at radius 3 is 2.39 bits per heavy atom. The molecule has 3 aromatic carbocycles. The Kier molecular flexibility index (Phi) is 7.38. The molecule has 0 aromatic heterocycles. The summed E-state index contributed by atoms with van der Waals surface area (Å²) in [6, 6.07) is 20.2. The molecule has 0 aliphatic carbocycles. The van der Waals surface area contributed by atoms with Gasteiger partial charge in [0.2, 0.25) is 0 Å². The molecule has 6 heteroatoms. The average molecular weight is 419 g/mol. The van der Waals surface area contributed by atoms with Crippen LogP contribution in [0.25, 0.3) is 10.8 Å². The van der Waals surface area contributed by atoms with E-state index in [-0.39, 0.29) is 18.1 Å². The Morgan fingerprint density at radius 2 is 1.65 bits per heavy atom. The van der Waals surface area contributed by atoms with Crippen LogP contribution in [0.5, 0.6) is 5.75 Å². The molecule has 0 unspecified atom stereocenters. The van der Waals surface area contributed by atoms with Gasteiger partial charge in [-0.15, -0.1) is 0 Å². The maximum Gasteiger partial charge on any atom is 0.306 e. The van der Waals surface area contributed by atoms with Gasteiger partial charge in [0.15, 0.2) is 11.9 Å². The van der Waals surface area contributed by atoms with E-state index in [1.165, 1.54) is 6.92 Å². The number of benzene rings is 3. The normalized spacial score (nSPS) is 11.5. The van der Waals surface area contributed by atoms with Crippen molar-refractivity contribution in [1.29, 1.82) is 0 Å². The van der Waals surface area contributed by atoms with Gasteiger partial charge in [-0.25, -0.2) is 0 Å². The highest BCUT2D eigenvalue weighted by molar-refractivity contribution is 6.03. The average Bonchev–Trinajstić information content (AvgIpc) is 2.77. The summed E-state index contributed by atoms with van der Waals surface area (Å²) in [5.41, 5.74) is 1.29.